The molecule has 1 aromatic carbocycles. The van der Waals surface area contributed by atoms with E-state index in [9.17, 15) is 0 Å². The number of hydrogen-bond acceptors (Lipinski definition) is 4. The maximum atomic E-state index is 6.02. The summed E-state index contributed by atoms with van der Waals surface area (Å²) in [6.07, 6.45) is 4.99. The van der Waals surface area contributed by atoms with Gasteiger partial charge in [0.25, 0.3) is 0 Å². The average Bonchev–Trinajstić information content (AvgIpc) is 3.14. The molecule has 0 bridgehead atoms. The van der Waals surface area contributed by atoms with Crippen LogP contribution in [0.2, 0.25) is 0 Å². The van der Waals surface area contributed by atoms with Crippen molar-refractivity contribution in [1.82, 2.24) is 14.9 Å². The average molecular weight is 285 g/mol. The molecule has 1 N–H and O–H groups in total. The molecular formula is C16H19N3O2. The van der Waals surface area contributed by atoms with E-state index in [2.05, 4.69) is 27.0 Å². The van der Waals surface area contributed by atoms with Crippen molar-refractivity contribution in [2.75, 3.05) is 19.7 Å². The standard InChI is InChI=1S/C16H19N3O2/c1-2-4-15-12(3-1)7-13(21-15)10-19-11-18-8-14(19)16-9-17-5-6-20-16/h1-4,8,11,13,16-17H,5-7,9-10H2. The van der Waals surface area contributed by atoms with Crippen molar-refractivity contribution in [3.63, 3.8) is 0 Å². The number of hydrogen-bond donors (Lipinski definition) is 1. The molecule has 0 amide bonds. The minimum Gasteiger partial charge on any atom is -0.488 e. The van der Waals surface area contributed by atoms with Gasteiger partial charge in [-0.05, 0) is 11.6 Å². The van der Waals surface area contributed by atoms with E-state index >= 15 is 0 Å². The Labute approximate surface area is 123 Å². The molecule has 0 saturated carbocycles. The molecule has 0 radical (unpaired) electrons. The molecule has 1 saturated heterocycles. The number of morpholine rings is 1. The van der Waals surface area contributed by atoms with Gasteiger partial charge in [-0.15, -0.1) is 0 Å². The second-order valence-corrected chi connectivity index (χ2v) is 5.59. The summed E-state index contributed by atoms with van der Waals surface area (Å²) in [7, 11) is 0. The monoisotopic (exact) mass is 285 g/mol. The van der Waals surface area contributed by atoms with E-state index in [0.29, 0.717) is 0 Å². The van der Waals surface area contributed by atoms with E-state index < -0.39 is 0 Å². The van der Waals surface area contributed by atoms with Gasteiger partial charge in [0, 0.05) is 19.5 Å². The molecule has 0 aliphatic carbocycles. The van der Waals surface area contributed by atoms with Crippen molar-refractivity contribution in [3.05, 3.63) is 48.0 Å². The largest absolute Gasteiger partial charge is 0.488 e. The van der Waals surface area contributed by atoms with Crippen molar-refractivity contribution >= 4 is 0 Å². The third-order valence-corrected chi connectivity index (χ3v) is 4.12. The molecule has 0 spiro atoms. The number of aromatic nitrogens is 2. The van der Waals surface area contributed by atoms with E-state index in [4.69, 9.17) is 9.47 Å². The summed E-state index contributed by atoms with van der Waals surface area (Å²) in [5, 5.41) is 3.36. The molecule has 110 valence electrons. The lowest BCUT2D eigenvalue weighted by atomic mass is 10.1. The first-order valence-electron chi connectivity index (χ1n) is 7.47. The van der Waals surface area contributed by atoms with Gasteiger partial charge in [0.15, 0.2) is 0 Å². The Morgan fingerprint density at radius 1 is 1.33 bits per heavy atom. The SMILES string of the molecule is c1ccc2c(c1)CC(Cn1cncc1C1CNCCO1)O2. The quantitative estimate of drug-likeness (QED) is 0.929. The fraction of sp³-hybridized carbons (Fsp3) is 0.438. The van der Waals surface area contributed by atoms with Crippen LogP contribution >= 0.6 is 0 Å². The summed E-state index contributed by atoms with van der Waals surface area (Å²) in [5.41, 5.74) is 2.42. The van der Waals surface area contributed by atoms with Gasteiger partial charge in [-0.2, -0.15) is 0 Å². The zero-order chi connectivity index (χ0) is 14.1. The summed E-state index contributed by atoms with van der Waals surface area (Å²) < 4.78 is 14.0. The molecule has 4 rings (SSSR count). The Hall–Kier alpha value is -1.85. The Morgan fingerprint density at radius 2 is 2.29 bits per heavy atom. The van der Waals surface area contributed by atoms with E-state index in [-0.39, 0.29) is 12.2 Å². The van der Waals surface area contributed by atoms with Gasteiger partial charge in [0.05, 0.1) is 31.4 Å². The van der Waals surface area contributed by atoms with Gasteiger partial charge < -0.3 is 19.4 Å². The maximum Gasteiger partial charge on any atom is 0.123 e. The zero-order valence-electron chi connectivity index (χ0n) is 11.9. The molecule has 2 atom stereocenters. The number of nitrogens with zero attached hydrogens (tertiary/aromatic N) is 2. The summed E-state index contributed by atoms with van der Waals surface area (Å²) >= 11 is 0. The fourth-order valence-electron chi connectivity index (χ4n) is 3.08. The normalized spacial score (nSPS) is 24.6. The third-order valence-electron chi connectivity index (χ3n) is 4.12. The van der Waals surface area contributed by atoms with Gasteiger partial charge in [-0.3, -0.25) is 0 Å². The number of rotatable bonds is 3. The van der Waals surface area contributed by atoms with Crippen LogP contribution in [0, 0.1) is 0 Å². The number of ether oxygens (including phenoxy) is 2. The Bertz CT molecular complexity index is 594. The first-order valence-corrected chi connectivity index (χ1v) is 7.47. The number of benzene rings is 1. The highest BCUT2D eigenvalue weighted by molar-refractivity contribution is 5.37. The van der Waals surface area contributed by atoms with Crippen molar-refractivity contribution in [2.24, 2.45) is 0 Å². The van der Waals surface area contributed by atoms with Crippen LogP contribution < -0.4 is 10.1 Å². The first kappa shape index (κ1) is 12.9. The van der Waals surface area contributed by atoms with Crippen molar-refractivity contribution in [3.8, 4) is 5.75 Å². The number of para-hydroxylation sites is 1. The Balaban J connectivity index is 1.48. The smallest absolute Gasteiger partial charge is 0.123 e. The van der Waals surface area contributed by atoms with E-state index in [1.165, 1.54) is 5.56 Å². The minimum atomic E-state index is 0.0880. The highest BCUT2D eigenvalue weighted by Crippen LogP contribution is 2.29. The lowest BCUT2D eigenvalue weighted by Crippen LogP contribution is -2.35. The molecule has 2 unspecified atom stereocenters. The molecule has 2 aliphatic heterocycles. The van der Waals surface area contributed by atoms with Crippen LogP contribution in [0.1, 0.15) is 17.4 Å². The van der Waals surface area contributed by atoms with Gasteiger partial charge in [0.1, 0.15) is 18.0 Å². The molecular weight excluding hydrogens is 266 g/mol. The highest BCUT2D eigenvalue weighted by atomic mass is 16.5. The molecule has 1 fully saturated rings. The predicted molar refractivity (Wildman–Crippen MR) is 78.4 cm³/mol. The van der Waals surface area contributed by atoms with Crippen LogP contribution in [0.15, 0.2) is 36.8 Å². The van der Waals surface area contributed by atoms with Crippen LogP contribution in [-0.4, -0.2) is 35.4 Å². The lowest BCUT2D eigenvalue weighted by molar-refractivity contribution is 0.0219. The second kappa shape index (κ2) is 5.50. The summed E-state index contributed by atoms with van der Waals surface area (Å²) in [6, 6.07) is 8.26. The number of imidazole rings is 1. The number of nitrogens with one attached hydrogen (secondary N) is 1. The molecule has 1 aromatic heterocycles. The third kappa shape index (κ3) is 2.54. The minimum absolute atomic E-state index is 0.0880. The van der Waals surface area contributed by atoms with Gasteiger partial charge in [0.2, 0.25) is 0 Å². The highest BCUT2D eigenvalue weighted by Gasteiger charge is 2.25. The summed E-state index contributed by atoms with van der Waals surface area (Å²) in [4.78, 5) is 4.29. The van der Waals surface area contributed by atoms with Crippen LogP contribution in [-0.2, 0) is 17.7 Å². The van der Waals surface area contributed by atoms with E-state index in [0.717, 1.165) is 44.1 Å². The molecule has 2 aliphatic rings. The molecule has 5 nitrogen and oxygen atoms in total. The van der Waals surface area contributed by atoms with E-state index in [1.54, 1.807) is 0 Å². The Morgan fingerprint density at radius 3 is 3.14 bits per heavy atom. The second-order valence-electron chi connectivity index (χ2n) is 5.59. The van der Waals surface area contributed by atoms with Crippen molar-refractivity contribution in [1.29, 1.82) is 0 Å². The van der Waals surface area contributed by atoms with Crippen LogP contribution in [0.3, 0.4) is 0 Å². The Kier molecular flexibility index (Phi) is 3.37. The fourth-order valence-corrected chi connectivity index (χ4v) is 3.08. The van der Waals surface area contributed by atoms with Gasteiger partial charge >= 0.3 is 0 Å². The molecule has 3 heterocycles. The zero-order valence-corrected chi connectivity index (χ0v) is 11.9. The van der Waals surface area contributed by atoms with Gasteiger partial charge in [-0.1, -0.05) is 18.2 Å². The molecule has 21 heavy (non-hydrogen) atoms. The van der Waals surface area contributed by atoms with Crippen LogP contribution in [0.25, 0.3) is 0 Å². The first-order chi connectivity index (χ1) is 10.4. The summed E-state index contributed by atoms with van der Waals surface area (Å²) in [5.74, 6) is 1.01. The molecule has 5 heteroatoms. The van der Waals surface area contributed by atoms with Gasteiger partial charge in [-0.25, -0.2) is 4.98 Å². The molecule has 2 aromatic rings. The predicted octanol–water partition coefficient (Wildman–Crippen LogP) is 1.55. The maximum absolute atomic E-state index is 6.02. The lowest BCUT2D eigenvalue weighted by Gasteiger charge is -2.25. The number of fused-ring (bicyclic) bond motifs is 1. The topological polar surface area (TPSA) is 48.3 Å². The van der Waals surface area contributed by atoms with Crippen molar-refractivity contribution < 1.29 is 9.47 Å². The van der Waals surface area contributed by atoms with Crippen LogP contribution in [0.5, 0.6) is 5.75 Å². The van der Waals surface area contributed by atoms with Crippen molar-refractivity contribution in [2.45, 2.75) is 25.2 Å². The van der Waals surface area contributed by atoms with Crippen LogP contribution in [0.4, 0.5) is 0 Å². The van der Waals surface area contributed by atoms with E-state index in [1.807, 2.05) is 24.7 Å². The summed E-state index contributed by atoms with van der Waals surface area (Å²) in [6.45, 7) is 3.33.